The van der Waals surface area contributed by atoms with Gasteiger partial charge in [-0.25, -0.2) is 13.8 Å². The van der Waals surface area contributed by atoms with Crippen molar-refractivity contribution in [1.82, 2.24) is 5.43 Å². The number of amidine groups is 1. The zero-order valence-electron chi connectivity index (χ0n) is 14.2. The Kier molecular flexibility index (Phi) is 3.29. The molecular formula is C19H13N3O5S. The first-order valence-corrected chi connectivity index (χ1v) is 9.91. The van der Waals surface area contributed by atoms with E-state index < -0.39 is 33.5 Å². The van der Waals surface area contributed by atoms with E-state index in [1.54, 1.807) is 36.4 Å². The Morgan fingerprint density at radius 1 is 1.04 bits per heavy atom. The van der Waals surface area contributed by atoms with Gasteiger partial charge in [0.25, 0.3) is 0 Å². The minimum absolute atomic E-state index is 0.0149. The summed E-state index contributed by atoms with van der Waals surface area (Å²) in [6.45, 7) is 0. The quantitative estimate of drug-likeness (QED) is 0.593. The number of nitrogens with zero attached hydrogens (tertiary/aromatic N) is 1. The van der Waals surface area contributed by atoms with Gasteiger partial charge in [0.2, 0.25) is 15.7 Å². The lowest BCUT2D eigenvalue weighted by Crippen LogP contribution is -2.49. The largest absolute Gasteiger partial charge is 0.426 e. The van der Waals surface area contributed by atoms with E-state index in [1.807, 2.05) is 0 Å². The summed E-state index contributed by atoms with van der Waals surface area (Å²) in [7, 11) is -3.58. The number of fused-ring (bicyclic) bond motifs is 4. The number of hydrogen-bond acceptors (Lipinski definition) is 7. The highest BCUT2D eigenvalue weighted by molar-refractivity contribution is 7.92. The number of nitrogens with one attached hydrogen (secondary N) is 1. The van der Waals surface area contributed by atoms with E-state index >= 15 is 0 Å². The number of esters is 1. The SMILES string of the molecule is NC1=NNC(=O)C2C=C(c3ccc4c(c3)-c3ccccc3S4(=O)=O)OC(=O)C12. The van der Waals surface area contributed by atoms with Gasteiger partial charge in [-0.2, -0.15) is 5.10 Å². The third-order valence-corrected chi connectivity index (χ3v) is 6.96. The Morgan fingerprint density at radius 2 is 1.79 bits per heavy atom. The molecule has 3 heterocycles. The van der Waals surface area contributed by atoms with E-state index in [9.17, 15) is 18.0 Å². The molecule has 3 N–H and O–H groups in total. The van der Waals surface area contributed by atoms with Crippen LogP contribution in [-0.4, -0.2) is 26.1 Å². The molecule has 9 heteroatoms. The molecular weight excluding hydrogens is 382 g/mol. The number of carbonyl (C=O) groups excluding carboxylic acids is 2. The molecule has 0 spiro atoms. The molecule has 0 fully saturated rings. The second kappa shape index (κ2) is 5.52. The molecule has 3 aliphatic heterocycles. The van der Waals surface area contributed by atoms with Crippen molar-refractivity contribution in [2.45, 2.75) is 9.79 Å². The molecule has 0 saturated heterocycles. The lowest BCUT2D eigenvalue weighted by atomic mass is 9.86. The molecule has 3 aliphatic rings. The smallest absolute Gasteiger partial charge is 0.323 e. The van der Waals surface area contributed by atoms with Crippen molar-refractivity contribution in [3.8, 4) is 11.1 Å². The van der Waals surface area contributed by atoms with E-state index in [1.165, 1.54) is 12.1 Å². The Bertz CT molecular complexity index is 1250. The highest BCUT2D eigenvalue weighted by atomic mass is 32.2. The molecule has 2 atom stereocenters. The molecule has 2 aromatic carbocycles. The first kappa shape index (κ1) is 16.7. The number of cyclic esters (lactones) is 1. The van der Waals surface area contributed by atoms with E-state index in [-0.39, 0.29) is 21.4 Å². The highest BCUT2D eigenvalue weighted by Crippen LogP contribution is 2.44. The number of nitrogens with two attached hydrogens (primary N) is 1. The number of hydrogen-bond donors (Lipinski definition) is 2. The third kappa shape index (κ3) is 2.16. The lowest BCUT2D eigenvalue weighted by molar-refractivity contribution is -0.144. The van der Waals surface area contributed by atoms with Gasteiger partial charge in [0, 0.05) is 16.7 Å². The van der Waals surface area contributed by atoms with Crippen LogP contribution in [0.15, 0.2) is 63.4 Å². The third-order valence-electron chi connectivity index (χ3n) is 5.09. The van der Waals surface area contributed by atoms with Crippen LogP contribution < -0.4 is 11.2 Å². The van der Waals surface area contributed by atoms with Crippen LogP contribution in [0.2, 0.25) is 0 Å². The average molecular weight is 395 g/mol. The molecule has 8 nitrogen and oxygen atoms in total. The van der Waals surface area contributed by atoms with Gasteiger partial charge < -0.3 is 10.5 Å². The summed E-state index contributed by atoms with van der Waals surface area (Å²) in [4.78, 5) is 25.0. The molecule has 28 heavy (non-hydrogen) atoms. The van der Waals surface area contributed by atoms with Gasteiger partial charge in [0.1, 0.15) is 17.5 Å². The van der Waals surface area contributed by atoms with E-state index in [4.69, 9.17) is 10.5 Å². The van der Waals surface area contributed by atoms with Gasteiger partial charge in [-0.3, -0.25) is 9.59 Å². The number of sulfone groups is 1. The van der Waals surface area contributed by atoms with Crippen molar-refractivity contribution in [2.24, 2.45) is 22.7 Å². The first-order chi connectivity index (χ1) is 13.4. The second-order valence-electron chi connectivity index (χ2n) is 6.68. The van der Waals surface area contributed by atoms with Crippen LogP contribution in [0.1, 0.15) is 5.56 Å². The summed E-state index contributed by atoms with van der Waals surface area (Å²) < 4.78 is 30.8. The maximum absolute atomic E-state index is 12.7. The van der Waals surface area contributed by atoms with Gasteiger partial charge in [-0.15, -0.1) is 0 Å². The van der Waals surface area contributed by atoms with Crippen LogP contribution in [0, 0.1) is 11.8 Å². The fourth-order valence-electron chi connectivity index (χ4n) is 3.73. The monoisotopic (exact) mass is 395 g/mol. The van der Waals surface area contributed by atoms with Gasteiger partial charge >= 0.3 is 5.97 Å². The number of ether oxygens (including phenoxy) is 1. The van der Waals surface area contributed by atoms with Gasteiger partial charge in [-0.1, -0.05) is 18.2 Å². The zero-order chi connectivity index (χ0) is 19.6. The van der Waals surface area contributed by atoms with Crippen molar-refractivity contribution in [1.29, 1.82) is 0 Å². The van der Waals surface area contributed by atoms with Crippen LogP contribution in [0.4, 0.5) is 0 Å². The Morgan fingerprint density at radius 3 is 2.61 bits per heavy atom. The maximum Gasteiger partial charge on any atom is 0.323 e. The Labute approximate surface area is 159 Å². The zero-order valence-corrected chi connectivity index (χ0v) is 15.1. The molecule has 0 bridgehead atoms. The number of amides is 1. The number of rotatable bonds is 1. The van der Waals surface area contributed by atoms with Crippen molar-refractivity contribution in [2.75, 3.05) is 0 Å². The summed E-state index contributed by atoms with van der Waals surface area (Å²) in [5.74, 6) is -2.76. The fraction of sp³-hybridized carbons (Fsp3) is 0.105. The normalized spacial score (nSPS) is 24.1. The molecule has 5 rings (SSSR count). The van der Waals surface area contributed by atoms with Crippen LogP contribution in [0.25, 0.3) is 16.9 Å². The molecule has 0 aromatic heterocycles. The molecule has 1 amide bonds. The van der Waals surface area contributed by atoms with E-state index in [0.717, 1.165) is 0 Å². The van der Waals surface area contributed by atoms with Crippen molar-refractivity contribution in [3.63, 3.8) is 0 Å². The summed E-state index contributed by atoms with van der Waals surface area (Å²) in [5, 5.41) is 3.63. The average Bonchev–Trinajstić information content (AvgIpc) is 2.92. The standard InChI is InChI=1S/C19H13N3O5S/c20-17-16-12(18(23)22-21-17)8-13(27-19(16)24)9-5-6-15-11(7-9)10-3-1-2-4-14(10)28(15,25)26/h1-8,12,16H,(H2,20,21)(H,22,23). The molecule has 0 aliphatic carbocycles. The van der Waals surface area contributed by atoms with E-state index in [2.05, 4.69) is 10.5 Å². The Balaban J connectivity index is 1.64. The summed E-state index contributed by atoms with van der Waals surface area (Å²) >= 11 is 0. The summed E-state index contributed by atoms with van der Waals surface area (Å²) in [6.07, 6.45) is 1.51. The maximum atomic E-state index is 12.7. The molecule has 140 valence electrons. The first-order valence-electron chi connectivity index (χ1n) is 8.43. The number of hydrazone groups is 1. The van der Waals surface area contributed by atoms with Gasteiger partial charge in [0.15, 0.2) is 0 Å². The Hall–Kier alpha value is -3.46. The lowest BCUT2D eigenvalue weighted by Gasteiger charge is -2.29. The predicted molar refractivity (Wildman–Crippen MR) is 98.1 cm³/mol. The van der Waals surface area contributed by atoms with Gasteiger partial charge in [-0.05, 0) is 30.3 Å². The second-order valence-corrected chi connectivity index (χ2v) is 8.57. The molecule has 2 unspecified atom stereocenters. The predicted octanol–water partition coefficient (Wildman–Crippen LogP) is 1.03. The van der Waals surface area contributed by atoms with Crippen molar-refractivity contribution in [3.05, 3.63) is 54.1 Å². The van der Waals surface area contributed by atoms with Crippen LogP contribution in [-0.2, 0) is 24.2 Å². The minimum Gasteiger partial charge on any atom is -0.426 e. The van der Waals surface area contributed by atoms with Crippen molar-refractivity contribution >= 4 is 33.3 Å². The van der Waals surface area contributed by atoms with E-state index in [0.29, 0.717) is 16.7 Å². The molecule has 0 saturated carbocycles. The molecule has 2 aromatic rings. The van der Waals surface area contributed by atoms with Crippen LogP contribution in [0.5, 0.6) is 0 Å². The minimum atomic E-state index is -3.58. The highest BCUT2D eigenvalue weighted by Gasteiger charge is 2.44. The topological polar surface area (TPSA) is 128 Å². The molecule has 0 radical (unpaired) electrons. The van der Waals surface area contributed by atoms with Crippen molar-refractivity contribution < 1.29 is 22.7 Å². The number of benzene rings is 2. The summed E-state index contributed by atoms with van der Waals surface area (Å²) in [6, 6.07) is 11.4. The van der Waals surface area contributed by atoms with Crippen LogP contribution in [0.3, 0.4) is 0 Å². The van der Waals surface area contributed by atoms with Gasteiger partial charge in [0.05, 0.1) is 15.7 Å². The summed E-state index contributed by atoms with van der Waals surface area (Å²) in [5.41, 5.74) is 9.61. The number of carbonyl (C=O) groups is 2. The van der Waals surface area contributed by atoms with Crippen LogP contribution >= 0.6 is 0 Å². The fourth-order valence-corrected chi connectivity index (χ4v) is 5.40.